The molecule has 1 aromatic heterocycles. The summed E-state index contributed by atoms with van der Waals surface area (Å²) < 4.78 is 0. The van der Waals surface area contributed by atoms with Gasteiger partial charge in [-0.3, -0.25) is 9.78 Å². The van der Waals surface area contributed by atoms with Gasteiger partial charge >= 0.3 is 0 Å². The van der Waals surface area contributed by atoms with E-state index < -0.39 is 0 Å². The first-order valence-corrected chi connectivity index (χ1v) is 7.67. The lowest BCUT2D eigenvalue weighted by molar-refractivity contribution is -0.117. The Morgan fingerprint density at radius 1 is 1.09 bits per heavy atom. The van der Waals surface area contributed by atoms with Gasteiger partial charge < -0.3 is 10.6 Å². The van der Waals surface area contributed by atoms with Crippen LogP contribution in [0.3, 0.4) is 0 Å². The number of para-hydroxylation sites is 1. The molecule has 0 saturated carbocycles. The lowest BCUT2D eigenvalue weighted by atomic mass is 10.1. The molecule has 1 amide bonds. The van der Waals surface area contributed by atoms with Gasteiger partial charge in [0.1, 0.15) is 0 Å². The van der Waals surface area contributed by atoms with Crippen LogP contribution in [0.4, 0.5) is 11.4 Å². The van der Waals surface area contributed by atoms with Gasteiger partial charge in [-0.05, 0) is 36.8 Å². The van der Waals surface area contributed by atoms with E-state index in [1.54, 1.807) is 11.1 Å². The summed E-state index contributed by atoms with van der Waals surface area (Å²) in [5, 5.41) is 1.03. The van der Waals surface area contributed by atoms with Crippen LogP contribution in [0.15, 0.2) is 60.8 Å². The third-order valence-electron chi connectivity index (χ3n) is 3.85. The minimum Gasteiger partial charge on any atom is -0.399 e. The quantitative estimate of drug-likeness (QED) is 0.751. The summed E-state index contributed by atoms with van der Waals surface area (Å²) in [5.74, 6) is 0.0513. The molecular formula is C19H19N3O. The maximum atomic E-state index is 12.7. The maximum Gasteiger partial charge on any atom is 0.231 e. The number of benzene rings is 2. The second-order valence-electron chi connectivity index (χ2n) is 5.41. The molecule has 0 unspecified atom stereocenters. The molecule has 0 spiro atoms. The summed E-state index contributed by atoms with van der Waals surface area (Å²) >= 11 is 0. The molecule has 0 fully saturated rings. The molecule has 4 nitrogen and oxygen atoms in total. The lowest BCUT2D eigenvalue weighted by Gasteiger charge is -2.22. The summed E-state index contributed by atoms with van der Waals surface area (Å²) in [7, 11) is 0. The fraction of sp³-hybridized carbons (Fsp3) is 0.158. The Bertz CT molecular complexity index is 822. The molecule has 3 rings (SSSR count). The van der Waals surface area contributed by atoms with Crippen LogP contribution in [0.1, 0.15) is 12.5 Å². The molecular weight excluding hydrogens is 286 g/mol. The van der Waals surface area contributed by atoms with Crippen LogP contribution in [0.5, 0.6) is 0 Å². The van der Waals surface area contributed by atoms with Crippen molar-refractivity contribution in [2.45, 2.75) is 13.3 Å². The number of aromatic nitrogens is 1. The molecule has 0 atom stereocenters. The van der Waals surface area contributed by atoms with Crippen molar-refractivity contribution in [2.75, 3.05) is 17.2 Å². The van der Waals surface area contributed by atoms with Gasteiger partial charge in [0, 0.05) is 23.8 Å². The number of nitrogens with zero attached hydrogens (tertiary/aromatic N) is 2. The Kier molecular flexibility index (Phi) is 4.24. The van der Waals surface area contributed by atoms with Gasteiger partial charge in [-0.1, -0.05) is 30.3 Å². The third-order valence-corrected chi connectivity index (χ3v) is 3.85. The van der Waals surface area contributed by atoms with Crippen LogP contribution in [0.25, 0.3) is 10.9 Å². The summed E-state index contributed by atoms with van der Waals surface area (Å²) in [5.41, 5.74) is 9.05. The number of rotatable bonds is 4. The minimum absolute atomic E-state index is 0.0513. The first-order valence-electron chi connectivity index (χ1n) is 7.67. The normalized spacial score (nSPS) is 10.7. The van der Waals surface area contributed by atoms with Gasteiger partial charge in [-0.15, -0.1) is 0 Å². The van der Waals surface area contributed by atoms with E-state index in [9.17, 15) is 4.79 Å². The van der Waals surface area contributed by atoms with Crippen LogP contribution in [-0.2, 0) is 11.2 Å². The molecule has 0 aliphatic rings. The number of anilines is 2. The highest BCUT2D eigenvalue weighted by Gasteiger charge is 2.17. The Morgan fingerprint density at radius 3 is 2.57 bits per heavy atom. The number of carbonyl (C=O) groups excluding carboxylic acids is 1. The van der Waals surface area contributed by atoms with E-state index in [0.717, 1.165) is 22.2 Å². The van der Waals surface area contributed by atoms with Crippen molar-refractivity contribution in [1.82, 2.24) is 4.98 Å². The van der Waals surface area contributed by atoms with Crippen LogP contribution in [-0.4, -0.2) is 17.4 Å². The first-order chi connectivity index (χ1) is 11.2. The number of amides is 1. The number of hydrogen-bond acceptors (Lipinski definition) is 3. The molecule has 2 aromatic carbocycles. The predicted molar refractivity (Wildman–Crippen MR) is 94.3 cm³/mol. The monoisotopic (exact) mass is 305 g/mol. The topological polar surface area (TPSA) is 59.2 Å². The van der Waals surface area contributed by atoms with Gasteiger partial charge in [-0.2, -0.15) is 0 Å². The van der Waals surface area contributed by atoms with E-state index in [2.05, 4.69) is 4.98 Å². The van der Waals surface area contributed by atoms with Crippen molar-refractivity contribution in [3.05, 3.63) is 66.4 Å². The van der Waals surface area contributed by atoms with Gasteiger partial charge in [-0.25, -0.2) is 0 Å². The van der Waals surface area contributed by atoms with E-state index in [1.165, 1.54) is 0 Å². The molecule has 0 bridgehead atoms. The molecule has 3 aromatic rings. The number of carbonyl (C=O) groups is 1. The van der Waals surface area contributed by atoms with Crippen LogP contribution in [0.2, 0.25) is 0 Å². The second-order valence-corrected chi connectivity index (χ2v) is 5.41. The smallest absolute Gasteiger partial charge is 0.231 e. The molecule has 0 aliphatic heterocycles. The zero-order valence-electron chi connectivity index (χ0n) is 13.1. The van der Waals surface area contributed by atoms with E-state index in [0.29, 0.717) is 18.7 Å². The Balaban J connectivity index is 1.91. The zero-order valence-corrected chi connectivity index (χ0v) is 13.1. The Morgan fingerprint density at radius 2 is 1.83 bits per heavy atom. The molecule has 1 heterocycles. The highest BCUT2D eigenvalue weighted by Crippen LogP contribution is 2.25. The van der Waals surface area contributed by atoms with Crippen molar-refractivity contribution in [1.29, 1.82) is 0 Å². The highest BCUT2D eigenvalue weighted by atomic mass is 16.2. The Labute approximate surface area is 135 Å². The third kappa shape index (κ3) is 3.16. The predicted octanol–water partition coefficient (Wildman–Crippen LogP) is 3.41. The molecule has 116 valence electrons. The number of hydrogen-bond donors (Lipinski definition) is 1. The summed E-state index contributed by atoms with van der Waals surface area (Å²) in [6, 6.07) is 17.2. The lowest BCUT2D eigenvalue weighted by Crippen LogP contribution is -2.32. The average molecular weight is 305 g/mol. The molecule has 23 heavy (non-hydrogen) atoms. The van der Waals surface area contributed by atoms with Gasteiger partial charge in [0.2, 0.25) is 5.91 Å². The minimum atomic E-state index is 0.0513. The van der Waals surface area contributed by atoms with E-state index >= 15 is 0 Å². The SMILES string of the molecule is CCN(C(=O)Cc1ccc(N)cc1)c1cccc2cccnc12. The Hall–Kier alpha value is -2.88. The standard InChI is InChI=1S/C19H19N3O/c1-2-22(18(23)13-14-8-10-16(20)11-9-14)17-7-3-5-15-6-4-12-21-19(15)17/h3-12H,2,13,20H2,1H3. The van der Waals surface area contributed by atoms with Crippen molar-refractivity contribution in [2.24, 2.45) is 0 Å². The number of nitrogen functional groups attached to an aromatic ring is 1. The van der Waals surface area contributed by atoms with Crippen molar-refractivity contribution >= 4 is 28.2 Å². The van der Waals surface area contributed by atoms with E-state index in [-0.39, 0.29) is 5.91 Å². The molecule has 2 N–H and O–H groups in total. The molecule has 0 aliphatic carbocycles. The second kappa shape index (κ2) is 6.48. The summed E-state index contributed by atoms with van der Waals surface area (Å²) in [6.07, 6.45) is 2.10. The fourth-order valence-corrected chi connectivity index (χ4v) is 2.69. The molecule has 0 radical (unpaired) electrons. The first kappa shape index (κ1) is 15.0. The number of likely N-dealkylation sites (N-methyl/N-ethyl adjacent to an activating group) is 1. The summed E-state index contributed by atoms with van der Waals surface area (Å²) in [4.78, 5) is 19.0. The van der Waals surface area contributed by atoms with Gasteiger partial charge in [0.15, 0.2) is 0 Å². The molecule has 4 heteroatoms. The number of fused-ring (bicyclic) bond motifs is 1. The van der Waals surface area contributed by atoms with Crippen LogP contribution < -0.4 is 10.6 Å². The van der Waals surface area contributed by atoms with Crippen LogP contribution >= 0.6 is 0 Å². The largest absolute Gasteiger partial charge is 0.399 e. The van der Waals surface area contributed by atoms with E-state index in [4.69, 9.17) is 5.73 Å². The van der Waals surface area contributed by atoms with Crippen molar-refractivity contribution in [3.8, 4) is 0 Å². The number of nitrogens with two attached hydrogens (primary N) is 1. The maximum absolute atomic E-state index is 12.7. The van der Waals surface area contributed by atoms with Crippen LogP contribution in [0, 0.1) is 0 Å². The van der Waals surface area contributed by atoms with Gasteiger partial charge in [0.25, 0.3) is 0 Å². The summed E-state index contributed by atoms with van der Waals surface area (Å²) in [6.45, 7) is 2.58. The number of pyridine rings is 1. The zero-order chi connectivity index (χ0) is 16.2. The fourth-order valence-electron chi connectivity index (χ4n) is 2.69. The molecule has 0 saturated heterocycles. The van der Waals surface area contributed by atoms with Crippen molar-refractivity contribution in [3.63, 3.8) is 0 Å². The average Bonchev–Trinajstić information content (AvgIpc) is 2.58. The highest BCUT2D eigenvalue weighted by molar-refractivity contribution is 6.02. The van der Waals surface area contributed by atoms with Gasteiger partial charge in [0.05, 0.1) is 17.6 Å². The van der Waals surface area contributed by atoms with Crippen molar-refractivity contribution < 1.29 is 4.79 Å². The van der Waals surface area contributed by atoms with E-state index in [1.807, 2.05) is 61.5 Å².